The number of nitriles is 1. The average molecular weight is 371 g/mol. The Balaban J connectivity index is 2.26. The minimum Gasteiger partial charge on any atom is -0.206 e. The van der Waals surface area contributed by atoms with Crippen LogP contribution in [0.1, 0.15) is 10.4 Å². The van der Waals surface area contributed by atoms with Crippen LogP contribution in [0.15, 0.2) is 45.1 Å². The molecule has 0 amide bonds. The van der Waals surface area contributed by atoms with Crippen molar-refractivity contribution < 1.29 is 8.42 Å². The summed E-state index contributed by atoms with van der Waals surface area (Å²) in [6.45, 7) is 0.267. The first-order valence-corrected chi connectivity index (χ1v) is 8.70. The van der Waals surface area contributed by atoms with Crippen LogP contribution in [0.3, 0.4) is 0 Å². The summed E-state index contributed by atoms with van der Waals surface area (Å²) in [4.78, 5) is 0.387. The number of nitrogens with zero attached hydrogens (tertiary/aromatic N) is 2. The van der Waals surface area contributed by atoms with Gasteiger partial charge in [-0.15, -0.1) is 11.3 Å². The van der Waals surface area contributed by atoms with Gasteiger partial charge in [-0.25, -0.2) is 8.42 Å². The lowest BCUT2D eigenvalue weighted by Gasteiger charge is -2.16. The number of rotatable bonds is 4. The van der Waals surface area contributed by atoms with E-state index in [0.29, 0.717) is 4.88 Å². The maximum atomic E-state index is 12.4. The van der Waals surface area contributed by atoms with Crippen LogP contribution >= 0.6 is 27.3 Å². The fourth-order valence-electron chi connectivity index (χ4n) is 1.62. The maximum absolute atomic E-state index is 12.4. The third-order valence-corrected chi connectivity index (χ3v) is 6.74. The Morgan fingerprint density at radius 3 is 2.60 bits per heavy atom. The van der Waals surface area contributed by atoms with Crippen LogP contribution in [0, 0.1) is 11.3 Å². The zero-order valence-corrected chi connectivity index (χ0v) is 13.8. The van der Waals surface area contributed by atoms with Crippen molar-refractivity contribution in [3.63, 3.8) is 0 Å². The van der Waals surface area contributed by atoms with Crippen molar-refractivity contribution in [3.8, 4) is 6.07 Å². The molecule has 0 spiro atoms. The lowest BCUT2D eigenvalue weighted by molar-refractivity contribution is 0.468. The fourth-order valence-corrected chi connectivity index (χ4v) is 4.50. The first-order valence-electron chi connectivity index (χ1n) is 5.65. The van der Waals surface area contributed by atoms with Crippen LogP contribution in [-0.4, -0.2) is 19.8 Å². The van der Waals surface area contributed by atoms with Crippen LogP contribution in [-0.2, 0) is 16.6 Å². The molecule has 0 aliphatic carbocycles. The number of sulfonamides is 1. The first kappa shape index (κ1) is 15.2. The second kappa shape index (κ2) is 6.06. The molecule has 0 fully saturated rings. The summed E-state index contributed by atoms with van der Waals surface area (Å²) < 4.78 is 27.1. The van der Waals surface area contributed by atoms with E-state index in [1.165, 1.54) is 23.5 Å². The standard InChI is InChI=1S/C13H11BrN2O2S2/c1-16(9-10-4-2-3-5-12(10)14)20(17,18)13-7-6-11(8-15)19-13/h2-7H,9H2,1H3. The maximum Gasteiger partial charge on any atom is 0.252 e. The van der Waals surface area contributed by atoms with Crippen LogP contribution in [0.4, 0.5) is 0 Å². The summed E-state index contributed by atoms with van der Waals surface area (Å²) in [5.41, 5.74) is 0.885. The Morgan fingerprint density at radius 2 is 2.00 bits per heavy atom. The minimum atomic E-state index is -3.56. The molecule has 0 unspecified atom stereocenters. The van der Waals surface area contributed by atoms with Crippen molar-refractivity contribution in [2.45, 2.75) is 10.8 Å². The van der Waals surface area contributed by atoms with E-state index in [9.17, 15) is 8.42 Å². The molecule has 0 saturated carbocycles. The highest BCUT2D eigenvalue weighted by Gasteiger charge is 2.23. The highest BCUT2D eigenvalue weighted by atomic mass is 79.9. The van der Waals surface area contributed by atoms with Crippen LogP contribution in [0.5, 0.6) is 0 Å². The zero-order chi connectivity index (χ0) is 14.8. The van der Waals surface area contributed by atoms with Gasteiger partial charge in [0.15, 0.2) is 0 Å². The molecule has 104 valence electrons. The number of thiophene rings is 1. The summed E-state index contributed by atoms with van der Waals surface area (Å²) in [5, 5.41) is 8.77. The largest absolute Gasteiger partial charge is 0.252 e. The van der Waals surface area contributed by atoms with Gasteiger partial charge in [0, 0.05) is 18.1 Å². The van der Waals surface area contributed by atoms with Gasteiger partial charge in [0.05, 0.1) is 0 Å². The van der Waals surface area contributed by atoms with Crippen molar-refractivity contribution >= 4 is 37.3 Å². The van der Waals surface area contributed by atoms with E-state index in [2.05, 4.69) is 15.9 Å². The minimum absolute atomic E-state index is 0.184. The number of benzene rings is 1. The summed E-state index contributed by atoms with van der Waals surface area (Å²) in [6, 6.07) is 12.4. The molecular weight excluding hydrogens is 360 g/mol. The second-order valence-corrected chi connectivity index (χ2v) is 8.29. The van der Waals surface area contributed by atoms with Gasteiger partial charge in [-0.05, 0) is 23.8 Å². The zero-order valence-electron chi connectivity index (χ0n) is 10.6. The lowest BCUT2D eigenvalue weighted by atomic mass is 10.2. The van der Waals surface area contributed by atoms with E-state index in [1.54, 1.807) is 0 Å². The second-order valence-electron chi connectivity index (χ2n) is 4.08. The van der Waals surface area contributed by atoms with Gasteiger partial charge < -0.3 is 0 Å². The number of halogens is 1. The Morgan fingerprint density at radius 1 is 1.30 bits per heavy atom. The van der Waals surface area contributed by atoms with Crippen molar-refractivity contribution in [1.82, 2.24) is 4.31 Å². The molecular formula is C13H11BrN2O2S2. The highest BCUT2D eigenvalue weighted by Crippen LogP contribution is 2.26. The Labute approximate surface area is 130 Å². The Bertz CT molecular complexity index is 763. The number of hydrogen-bond donors (Lipinski definition) is 0. The third-order valence-electron chi connectivity index (χ3n) is 2.71. The lowest BCUT2D eigenvalue weighted by Crippen LogP contribution is -2.25. The fraction of sp³-hybridized carbons (Fsp3) is 0.154. The summed E-state index contributed by atoms with van der Waals surface area (Å²) >= 11 is 4.38. The molecule has 0 aliphatic rings. The molecule has 0 radical (unpaired) electrons. The van der Waals surface area contributed by atoms with Gasteiger partial charge in [-0.2, -0.15) is 9.57 Å². The van der Waals surface area contributed by atoms with Crippen molar-refractivity contribution in [2.24, 2.45) is 0 Å². The summed E-state index contributed by atoms with van der Waals surface area (Å²) in [5.74, 6) is 0. The summed E-state index contributed by atoms with van der Waals surface area (Å²) in [7, 11) is -2.03. The molecule has 1 heterocycles. The van der Waals surface area contributed by atoms with Crippen LogP contribution < -0.4 is 0 Å². The van der Waals surface area contributed by atoms with Crippen molar-refractivity contribution in [3.05, 3.63) is 51.3 Å². The van der Waals surface area contributed by atoms with Crippen molar-refractivity contribution in [2.75, 3.05) is 7.05 Å². The van der Waals surface area contributed by atoms with Crippen LogP contribution in [0.25, 0.3) is 0 Å². The van der Waals surface area contributed by atoms with Gasteiger partial charge >= 0.3 is 0 Å². The van der Waals surface area contributed by atoms with E-state index in [4.69, 9.17) is 5.26 Å². The monoisotopic (exact) mass is 370 g/mol. The Hall–Kier alpha value is -1.20. The van der Waals surface area contributed by atoms with E-state index in [1.807, 2.05) is 30.3 Å². The highest BCUT2D eigenvalue weighted by molar-refractivity contribution is 9.10. The van der Waals surface area contributed by atoms with Gasteiger partial charge in [-0.1, -0.05) is 34.1 Å². The Kier molecular flexibility index (Phi) is 4.60. The van der Waals surface area contributed by atoms with Gasteiger partial charge in [-0.3, -0.25) is 0 Å². The van der Waals surface area contributed by atoms with Crippen LogP contribution in [0.2, 0.25) is 0 Å². The normalized spacial score (nSPS) is 11.5. The molecule has 0 atom stereocenters. The quantitative estimate of drug-likeness (QED) is 0.829. The topological polar surface area (TPSA) is 61.2 Å². The number of hydrogen-bond acceptors (Lipinski definition) is 4. The first-order chi connectivity index (χ1) is 9.45. The molecule has 20 heavy (non-hydrogen) atoms. The molecule has 2 aromatic rings. The molecule has 1 aromatic heterocycles. The molecule has 1 aromatic carbocycles. The summed E-state index contributed by atoms with van der Waals surface area (Å²) in [6.07, 6.45) is 0. The van der Waals surface area contributed by atoms with E-state index in [-0.39, 0.29) is 10.8 Å². The molecule has 0 bridgehead atoms. The molecule has 0 saturated heterocycles. The molecule has 7 heteroatoms. The molecule has 4 nitrogen and oxygen atoms in total. The molecule has 0 aliphatic heterocycles. The molecule has 0 N–H and O–H groups in total. The molecule has 2 rings (SSSR count). The third kappa shape index (κ3) is 3.10. The smallest absolute Gasteiger partial charge is 0.206 e. The van der Waals surface area contributed by atoms with E-state index >= 15 is 0 Å². The average Bonchev–Trinajstić information content (AvgIpc) is 2.90. The predicted molar refractivity (Wildman–Crippen MR) is 81.8 cm³/mol. The SMILES string of the molecule is CN(Cc1ccccc1Br)S(=O)(=O)c1ccc(C#N)s1. The van der Waals surface area contributed by atoms with Gasteiger partial charge in [0.1, 0.15) is 15.2 Å². The van der Waals surface area contributed by atoms with E-state index in [0.717, 1.165) is 21.4 Å². The van der Waals surface area contributed by atoms with E-state index < -0.39 is 10.0 Å². The van der Waals surface area contributed by atoms with Gasteiger partial charge in [0.25, 0.3) is 10.0 Å². The van der Waals surface area contributed by atoms with Crippen molar-refractivity contribution in [1.29, 1.82) is 5.26 Å². The predicted octanol–water partition coefficient (Wildman–Crippen LogP) is 3.20. The van der Waals surface area contributed by atoms with Gasteiger partial charge in [0.2, 0.25) is 0 Å².